The first-order valence-corrected chi connectivity index (χ1v) is 5.89. The number of benzene rings is 1. The number of carbonyl (C=O) groups is 1. The van der Waals surface area contributed by atoms with Gasteiger partial charge in [-0.25, -0.2) is 4.79 Å². The van der Waals surface area contributed by atoms with Crippen LogP contribution in [0.4, 0.5) is 26.3 Å². The van der Waals surface area contributed by atoms with Crippen molar-refractivity contribution >= 4 is 5.97 Å². The SMILES string of the molecule is COC(=O)c1cccc(C2C(C(F)(F)F)C2C(F)(F)F)c1. The molecule has 0 amide bonds. The van der Waals surface area contributed by atoms with Crippen molar-refractivity contribution in [3.63, 3.8) is 0 Å². The highest BCUT2D eigenvalue weighted by molar-refractivity contribution is 5.89. The molecule has 1 saturated carbocycles. The maximum absolute atomic E-state index is 12.7. The van der Waals surface area contributed by atoms with E-state index in [-0.39, 0.29) is 11.1 Å². The van der Waals surface area contributed by atoms with Gasteiger partial charge in [0.2, 0.25) is 0 Å². The van der Waals surface area contributed by atoms with Crippen molar-refractivity contribution in [3.8, 4) is 0 Å². The Bertz CT molecular complexity index is 528. The van der Waals surface area contributed by atoms with E-state index >= 15 is 0 Å². The molecule has 2 atom stereocenters. The number of esters is 1. The fourth-order valence-corrected chi connectivity index (χ4v) is 2.53. The molecule has 1 aromatic rings. The minimum Gasteiger partial charge on any atom is -0.465 e. The Kier molecular flexibility index (Phi) is 3.67. The quantitative estimate of drug-likeness (QED) is 0.611. The molecule has 2 nitrogen and oxygen atoms in total. The van der Waals surface area contributed by atoms with Gasteiger partial charge >= 0.3 is 18.3 Å². The van der Waals surface area contributed by atoms with Crippen LogP contribution < -0.4 is 0 Å². The Morgan fingerprint density at radius 3 is 2.00 bits per heavy atom. The van der Waals surface area contributed by atoms with Crippen molar-refractivity contribution in [2.75, 3.05) is 7.11 Å². The first-order chi connectivity index (χ1) is 9.57. The first-order valence-electron chi connectivity index (χ1n) is 5.89. The minimum atomic E-state index is -4.94. The summed E-state index contributed by atoms with van der Waals surface area (Å²) < 4.78 is 80.5. The van der Waals surface area contributed by atoms with Gasteiger partial charge in [0, 0.05) is 5.92 Å². The maximum atomic E-state index is 12.7. The van der Waals surface area contributed by atoms with Crippen LogP contribution in [0.1, 0.15) is 21.8 Å². The molecule has 0 spiro atoms. The van der Waals surface area contributed by atoms with Gasteiger partial charge in [0.25, 0.3) is 0 Å². The fraction of sp³-hybridized carbons (Fsp3) is 0.462. The molecule has 0 saturated heterocycles. The van der Waals surface area contributed by atoms with Gasteiger partial charge in [-0.15, -0.1) is 0 Å². The van der Waals surface area contributed by atoms with Crippen LogP contribution in [0.2, 0.25) is 0 Å². The topological polar surface area (TPSA) is 26.3 Å². The lowest BCUT2D eigenvalue weighted by Crippen LogP contribution is -2.19. The largest absolute Gasteiger partial charge is 0.465 e. The van der Waals surface area contributed by atoms with Crippen molar-refractivity contribution in [1.82, 2.24) is 0 Å². The second-order valence-corrected chi connectivity index (χ2v) is 4.78. The molecule has 0 N–H and O–H groups in total. The molecule has 21 heavy (non-hydrogen) atoms. The summed E-state index contributed by atoms with van der Waals surface area (Å²) in [5.74, 6) is -7.46. The molecule has 2 unspecified atom stereocenters. The van der Waals surface area contributed by atoms with Gasteiger partial charge in [-0.2, -0.15) is 26.3 Å². The normalized spacial score (nSPS) is 25.6. The Morgan fingerprint density at radius 1 is 1.05 bits per heavy atom. The number of rotatable bonds is 2. The van der Waals surface area contributed by atoms with Gasteiger partial charge in [-0.3, -0.25) is 0 Å². The Morgan fingerprint density at radius 2 is 1.57 bits per heavy atom. The molecule has 0 heterocycles. The summed E-state index contributed by atoms with van der Waals surface area (Å²) in [7, 11) is 1.07. The zero-order valence-corrected chi connectivity index (χ0v) is 10.6. The number of hydrogen-bond acceptors (Lipinski definition) is 2. The molecule has 116 valence electrons. The average molecular weight is 312 g/mol. The number of ether oxygens (including phenoxy) is 1. The standard InChI is InChI=1S/C13H10F6O2/c1-21-11(20)7-4-2-3-6(5-7)8-9(12(14,15)16)10(8)13(17,18)19/h2-5,8-10H,1H3. The van der Waals surface area contributed by atoms with E-state index in [0.29, 0.717) is 0 Å². The van der Waals surface area contributed by atoms with Crippen molar-refractivity contribution in [2.24, 2.45) is 11.8 Å². The summed E-state index contributed by atoms with van der Waals surface area (Å²) in [6.07, 6.45) is -9.88. The average Bonchev–Trinajstić information content (AvgIpc) is 3.13. The third kappa shape index (κ3) is 2.98. The molecular weight excluding hydrogens is 302 g/mol. The van der Waals surface area contributed by atoms with E-state index in [2.05, 4.69) is 4.74 Å². The number of hydrogen-bond donors (Lipinski definition) is 0. The number of carbonyl (C=O) groups excluding carboxylic acids is 1. The van der Waals surface area contributed by atoms with Crippen LogP contribution in [-0.4, -0.2) is 25.4 Å². The molecule has 1 aliphatic rings. The smallest absolute Gasteiger partial charge is 0.393 e. The van der Waals surface area contributed by atoms with Crippen molar-refractivity contribution in [2.45, 2.75) is 18.3 Å². The summed E-state index contributed by atoms with van der Waals surface area (Å²) in [4.78, 5) is 11.3. The predicted molar refractivity (Wildman–Crippen MR) is 59.6 cm³/mol. The summed E-state index contributed by atoms with van der Waals surface area (Å²) in [6.45, 7) is 0. The van der Waals surface area contributed by atoms with Gasteiger partial charge in [-0.1, -0.05) is 12.1 Å². The Balaban J connectivity index is 2.35. The second kappa shape index (κ2) is 4.92. The lowest BCUT2D eigenvalue weighted by Gasteiger charge is -2.07. The van der Waals surface area contributed by atoms with E-state index < -0.39 is 36.1 Å². The van der Waals surface area contributed by atoms with Crippen LogP contribution in [-0.2, 0) is 4.74 Å². The highest BCUT2D eigenvalue weighted by Crippen LogP contribution is 2.66. The monoisotopic (exact) mass is 312 g/mol. The summed E-state index contributed by atoms with van der Waals surface area (Å²) in [6, 6.07) is 4.67. The highest BCUT2D eigenvalue weighted by Gasteiger charge is 2.73. The van der Waals surface area contributed by atoms with Crippen LogP contribution in [0.15, 0.2) is 24.3 Å². The van der Waals surface area contributed by atoms with Gasteiger partial charge in [0.05, 0.1) is 24.5 Å². The van der Waals surface area contributed by atoms with Crippen LogP contribution in [0.25, 0.3) is 0 Å². The lowest BCUT2D eigenvalue weighted by atomic mass is 10.0. The predicted octanol–water partition coefficient (Wildman–Crippen LogP) is 3.93. The molecule has 0 bridgehead atoms. The third-order valence-corrected chi connectivity index (χ3v) is 3.47. The minimum absolute atomic E-state index is 0.0799. The zero-order chi connectivity index (χ0) is 16.0. The molecule has 1 aliphatic carbocycles. The first kappa shape index (κ1) is 15.7. The van der Waals surface area contributed by atoms with E-state index in [1.165, 1.54) is 12.1 Å². The Labute approximate surface area is 115 Å². The molecule has 0 radical (unpaired) electrons. The molecular formula is C13H10F6O2. The van der Waals surface area contributed by atoms with E-state index in [4.69, 9.17) is 0 Å². The third-order valence-electron chi connectivity index (χ3n) is 3.47. The molecule has 8 heteroatoms. The van der Waals surface area contributed by atoms with Crippen LogP contribution in [0.3, 0.4) is 0 Å². The maximum Gasteiger partial charge on any atom is 0.393 e. The van der Waals surface area contributed by atoms with E-state index in [9.17, 15) is 31.1 Å². The fourth-order valence-electron chi connectivity index (χ4n) is 2.53. The zero-order valence-electron chi connectivity index (χ0n) is 10.6. The van der Waals surface area contributed by atoms with Gasteiger partial charge in [-0.05, 0) is 17.7 Å². The van der Waals surface area contributed by atoms with Gasteiger partial charge in [0.1, 0.15) is 0 Å². The van der Waals surface area contributed by atoms with Crippen LogP contribution >= 0.6 is 0 Å². The van der Waals surface area contributed by atoms with Gasteiger partial charge < -0.3 is 4.74 Å². The molecule has 0 aliphatic heterocycles. The molecule has 0 aromatic heterocycles. The summed E-state index contributed by atoms with van der Waals surface area (Å²) in [5, 5.41) is 0. The summed E-state index contributed by atoms with van der Waals surface area (Å²) >= 11 is 0. The van der Waals surface area contributed by atoms with Crippen molar-refractivity contribution < 1.29 is 35.9 Å². The van der Waals surface area contributed by atoms with Crippen LogP contribution in [0.5, 0.6) is 0 Å². The van der Waals surface area contributed by atoms with E-state index in [1.54, 1.807) is 0 Å². The number of alkyl halides is 6. The molecule has 1 aromatic carbocycles. The van der Waals surface area contributed by atoms with E-state index in [0.717, 1.165) is 19.2 Å². The lowest BCUT2D eigenvalue weighted by molar-refractivity contribution is -0.191. The number of methoxy groups -OCH3 is 1. The van der Waals surface area contributed by atoms with Crippen LogP contribution in [0, 0.1) is 11.8 Å². The van der Waals surface area contributed by atoms with E-state index in [1.807, 2.05) is 0 Å². The molecule has 1 fully saturated rings. The highest BCUT2D eigenvalue weighted by atomic mass is 19.4. The van der Waals surface area contributed by atoms with Crippen molar-refractivity contribution in [3.05, 3.63) is 35.4 Å². The number of halogens is 6. The summed E-state index contributed by atoms with van der Waals surface area (Å²) in [5.41, 5.74) is -0.244. The van der Waals surface area contributed by atoms with Gasteiger partial charge in [0.15, 0.2) is 0 Å². The Hall–Kier alpha value is -1.73. The van der Waals surface area contributed by atoms with Crippen molar-refractivity contribution in [1.29, 1.82) is 0 Å². The molecule has 2 rings (SSSR count). The second-order valence-electron chi connectivity index (χ2n) is 4.78.